The summed E-state index contributed by atoms with van der Waals surface area (Å²) in [6.45, 7) is 0.590. The van der Waals surface area contributed by atoms with Crippen molar-refractivity contribution in [3.05, 3.63) is 29.3 Å². The van der Waals surface area contributed by atoms with Gasteiger partial charge in [0.15, 0.2) is 0 Å². The third-order valence-corrected chi connectivity index (χ3v) is 4.10. The van der Waals surface area contributed by atoms with Crippen molar-refractivity contribution in [2.24, 2.45) is 0 Å². The van der Waals surface area contributed by atoms with Crippen molar-refractivity contribution in [2.45, 2.75) is 25.3 Å². The van der Waals surface area contributed by atoms with Crippen LogP contribution in [0.1, 0.15) is 40.0 Å². The normalized spacial score (nSPS) is 20.2. The van der Waals surface area contributed by atoms with Gasteiger partial charge in [0.25, 0.3) is 11.8 Å². The van der Waals surface area contributed by atoms with E-state index in [1.54, 1.807) is 18.2 Å². The fourth-order valence-electron chi connectivity index (χ4n) is 2.89. The lowest BCUT2D eigenvalue weighted by atomic mass is 10.0. The first-order valence-electron chi connectivity index (χ1n) is 7.73. The molecule has 8 heteroatoms. The number of aliphatic hydroxyl groups is 1. The predicted octanol–water partition coefficient (Wildman–Crippen LogP) is -0.118. The molecule has 2 aliphatic rings. The van der Waals surface area contributed by atoms with E-state index in [9.17, 15) is 19.2 Å². The molecule has 24 heavy (non-hydrogen) atoms. The van der Waals surface area contributed by atoms with E-state index in [1.807, 2.05) is 0 Å². The lowest BCUT2D eigenvalue weighted by Crippen LogP contribution is -2.54. The molecule has 3 rings (SSSR count). The van der Waals surface area contributed by atoms with Crippen molar-refractivity contribution < 1.29 is 24.3 Å². The zero-order valence-electron chi connectivity index (χ0n) is 12.9. The number of anilines is 1. The van der Waals surface area contributed by atoms with Gasteiger partial charge in [-0.1, -0.05) is 0 Å². The summed E-state index contributed by atoms with van der Waals surface area (Å²) >= 11 is 0. The summed E-state index contributed by atoms with van der Waals surface area (Å²) in [6, 6.07) is 3.83. The van der Waals surface area contributed by atoms with E-state index in [1.165, 1.54) is 0 Å². The van der Waals surface area contributed by atoms with Gasteiger partial charge >= 0.3 is 0 Å². The van der Waals surface area contributed by atoms with Gasteiger partial charge in [0.1, 0.15) is 6.04 Å². The van der Waals surface area contributed by atoms with Crippen molar-refractivity contribution in [2.75, 3.05) is 18.5 Å². The monoisotopic (exact) mass is 331 g/mol. The standard InChI is InChI=1S/C16H17N3O5/c20-7-1-6-17-9-2-3-10-11(8-9)16(24)19(15(10)23)12-4-5-13(21)18-14(12)22/h2-3,8,12,17,20H,1,4-7H2,(H,18,21,22). The molecule has 126 valence electrons. The van der Waals surface area contributed by atoms with Gasteiger partial charge in [0.05, 0.1) is 11.1 Å². The maximum absolute atomic E-state index is 12.6. The molecular weight excluding hydrogens is 314 g/mol. The Balaban J connectivity index is 1.83. The Morgan fingerprint density at radius 1 is 1.17 bits per heavy atom. The van der Waals surface area contributed by atoms with E-state index in [0.29, 0.717) is 18.7 Å². The van der Waals surface area contributed by atoms with Crippen molar-refractivity contribution >= 4 is 29.3 Å². The molecule has 8 nitrogen and oxygen atoms in total. The van der Waals surface area contributed by atoms with Crippen LogP contribution in [-0.2, 0) is 9.59 Å². The van der Waals surface area contributed by atoms with E-state index < -0.39 is 29.7 Å². The van der Waals surface area contributed by atoms with Gasteiger partial charge in [0, 0.05) is 25.3 Å². The first-order valence-corrected chi connectivity index (χ1v) is 7.73. The van der Waals surface area contributed by atoms with Gasteiger partial charge < -0.3 is 10.4 Å². The second-order valence-corrected chi connectivity index (χ2v) is 5.71. The first-order chi connectivity index (χ1) is 11.5. The molecule has 0 radical (unpaired) electrons. The lowest BCUT2D eigenvalue weighted by molar-refractivity contribution is -0.136. The van der Waals surface area contributed by atoms with Crippen LogP contribution in [0.5, 0.6) is 0 Å². The van der Waals surface area contributed by atoms with E-state index >= 15 is 0 Å². The highest BCUT2D eigenvalue weighted by Gasteiger charge is 2.44. The van der Waals surface area contributed by atoms with Crippen molar-refractivity contribution in [3.63, 3.8) is 0 Å². The van der Waals surface area contributed by atoms with E-state index in [0.717, 1.165) is 4.90 Å². The summed E-state index contributed by atoms with van der Waals surface area (Å²) in [5.41, 5.74) is 1.14. The molecule has 1 unspecified atom stereocenters. The summed E-state index contributed by atoms with van der Waals surface area (Å²) < 4.78 is 0. The number of aliphatic hydroxyl groups excluding tert-OH is 1. The highest BCUT2D eigenvalue weighted by atomic mass is 16.3. The van der Waals surface area contributed by atoms with Crippen LogP contribution in [0.15, 0.2) is 18.2 Å². The van der Waals surface area contributed by atoms with Crippen LogP contribution < -0.4 is 10.6 Å². The van der Waals surface area contributed by atoms with Crippen LogP contribution in [0.2, 0.25) is 0 Å². The number of nitrogens with one attached hydrogen (secondary N) is 2. The predicted molar refractivity (Wildman–Crippen MR) is 83.3 cm³/mol. The summed E-state index contributed by atoms with van der Waals surface area (Å²) in [4.78, 5) is 49.2. The third-order valence-electron chi connectivity index (χ3n) is 4.10. The number of fused-ring (bicyclic) bond motifs is 1. The first kappa shape index (κ1) is 16.1. The molecule has 2 aliphatic heterocycles. The van der Waals surface area contributed by atoms with Crippen LogP contribution in [0.4, 0.5) is 5.69 Å². The number of imide groups is 2. The van der Waals surface area contributed by atoms with Gasteiger partial charge in [0.2, 0.25) is 11.8 Å². The number of carbonyl (C=O) groups is 4. The maximum atomic E-state index is 12.6. The van der Waals surface area contributed by atoms with Crippen molar-refractivity contribution in [1.29, 1.82) is 0 Å². The fourth-order valence-corrected chi connectivity index (χ4v) is 2.89. The second kappa shape index (κ2) is 6.40. The Kier molecular flexibility index (Phi) is 4.30. The number of hydrogen-bond acceptors (Lipinski definition) is 6. The Bertz CT molecular complexity index is 730. The molecule has 1 atom stereocenters. The van der Waals surface area contributed by atoms with Crippen molar-refractivity contribution in [1.82, 2.24) is 10.2 Å². The van der Waals surface area contributed by atoms with Crippen LogP contribution in [0, 0.1) is 0 Å². The zero-order chi connectivity index (χ0) is 17.3. The largest absolute Gasteiger partial charge is 0.396 e. The average molecular weight is 331 g/mol. The highest BCUT2D eigenvalue weighted by Crippen LogP contribution is 2.29. The molecule has 0 saturated carbocycles. The number of rotatable bonds is 5. The number of piperidine rings is 1. The summed E-state index contributed by atoms with van der Waals surface area (Å²) in [5.74, 6) is -2.08. The number of hydrogen-bond donors (Lipinski definition) is 3. The molecule has 4 amide bonds. The second-order valence-electron chi connectivity index (χ2n) is 5.71. The third kappa shape index (κ3) is 2.76. The zero-order valence-corrected chi connectivity index (χ0v) is 12.9. The van der Waals surface area contributed by atoms with Gasteiger partial charge in [-0.15, -0.1) is 0 Å². The summed E-state index contributed by atoms with van der Waals surface area (Å²) in [5, 5.41) is 14.0. The van der Waals surface area contributed by atoms with Crippen LogP contribution >= 0.6 is 0 Å². The smallest absolute Gasteiger partial charge is 0.262 e. The minimum Gasteiger partial charge on any atom is -0.396 e. The van der Waals surface area contributed by atoms with Crippen LogP contribution in [-0.4, -0.2) is 52.8 Å². The molecule has 2 heterocycles. The quantitative estimate of drug-likeness (QED) is 0.512. The Morgan fingerprint density at radius 3 is 2.62 bits per heavy atom. The minimum absolute atomic E-state index is 0.0542. The van der Waals surface area contributed by atoms with Gasteiger partial charge in [-0.3, -0.25) is 29.4 Å². The van der Waals surface area contributed by atoms with Crippen molar-refractivity contribution in [3.8, 4) is 0 Å². The average Bonchev–Trinajstić information content (AvgIpc) is 2.80. The number of carbonyl (C=O) groups excluding carboxylic acids is 4. The van der Waals surface area contributed by atoms with Crippen LogP contribution in [0.25, 0.3) is 0 Å². The SMILES string of the molecule is O=C1CCC(N2C(=O)c3ccc(NCCCO)cc3C2=O)C(=O)N1. The Hall–Kier alpha value is -2.74. The number of benzene rings is 1. The van der Waals surface area contributed by atoms with E-state index in [-0.39, 0.29) is 30.6 Å². The molecule has 1 saturated heterocycles. The topological polar surface area (TPSA) is 116 Å². The Labute approximate surface area is 137 Å². The molecule has 1 fully saturated rings. The van der Waals surface area contributed by atoms with E-state index in [2.05, 4.69) is 10.6 Å². The molecule has 1 aromatic carbocycles. The maximum Gasteiger partial charge on any atom is 0.262 e. The lowest BCUT2D eigenvalue weighted by Gasteiger charge is -2.27. The number of nitrogens with zero attached hydrogens (tertiary/aromatic N) is 1. The summed E-state index contributed by atoms with van der Waals surface area (Å²) in [6.07, 6.45) is 0.794. The van der Waals surface area contributed by atoms with Gasteiger partial charge in [-0.25, -0.2) is 0 Å². The highest BCUT2D eigenvalue weighted by molar-refractivity contribution is 6.23. The van der Waals surface area contributed by atoms with Crippen LogP contribution in [0.3, 0.4) is 0 Å². The minimum atomic E-state index is -0.958. The number of amides is 4. The molecule has 3 N–H and O–H groups in total. The molecule has 0 aliphatic carbocycles. The molecular formula is C16H17N3O5. The molecule has 0 spiro atoms. The molecule has 1 aromatic rings. The fraction of sp³-hybridized carbons (Fsp3) is 0.375. The van der Waals surface area contributed by atoms with E-state index in [4.69, 9.17) is 5.11 Å². The molecule has 0 bridgehead atoms. The molecule has 0 aromatic heterocycles. The van der Waals surface area contributed by atoms with Gasteiger partial charge in [-0.05, 0) is 31.0 Å². The Morgan fingerprint density at radius 2 is 1.92 bits per heavy atom. The van der Waals surface area contributed by atoms with Gasteiger partial charge in [-0.2, -0.15) is 0 Å². The summed E-state index contributed by atoms with van der Waals surface area (Å²) in [7, 11) is 0.